The highest BCUT2D eigenvalue weighted by Gasteiger charge is 2.37. The highest BCUT2D eigenvalue weighted by atomic mass is 16.6. The Bertz CT molecular complexity index is 1200. The molecule has 1 aromatic heterocycles. The molecule has 46 heavy (non-hydrogen) atoms. The van der Waals surface area contributed by atoms with Gasteiger partial charge >= 0.3 is 12.1 Å². The van der Waals surface area contributed by atoms with E-state index in [9.17, 15) is 19.8 Å². The van der Waals surface area contributed by atoms with Crippen LogP contribution in [0.5, 0.6) is 0 Å². The lowest BCUT2D eigenvalue weighted by Crippen LogP contribution is -2.53. The molecule has 1 saturated carbocycles. The predicted octanol–water partition coefficient (Wildman–Crippen LogP) is 5.93. The van der Waals surface area contributed by atoms with Gasteiger partial charge in [-0.15, -0.1) is 0 Å². The number of rotatable bonds is 6. The molecule has 254 valence electrons. The van der Waals surface area contributed by atoms with Crippen molar-refractivity contribution in [2.75, 3.05) is 26.2 Å². The fraction of sp³-hybridized carbons (Fsp3) is 0.649. The Morgan fingerprint density at radius 3 is 2.50 bits per heavy atom. The van der Waals surface area contributed by atoms with Crippen molar-refractivity contribution in [3.05, 3.63) is 66.0 Å². The summed E-state index contributed by atoms with van der Waals surface area (Å²) >= 11 is 0. The molecule has 1 amide bonds. The summed E-state index contributed by atoms with van der Waals surface area (Å²) in [7, 11) is 0. The molecule has 2 N–H and O–H groups in total. The number of allylic oxidation sites excluding steroid dienone is 3. The molecule has 0 unspecified atom stereocenters. The maximum absolute atomic E-state index is 13.4. The van der Waals surface area contributed by atoms with Crippen LogP contribution in [0.25, 0.3) is 0 Å². The number of aliphatic hydroxyl groups excluding tert-OH is 1. The van der Waals surface area contributed by atoms with Crippen molar-refractivity contribution >= 4 is 12.1 Å². The summed E-state index contributed by atoms with van der Waals surface area (Å²) < 4.78 is 11.9. The summed E-state index contributed by atoms with van der Waals surface area (Å²) in [4.78, 5) is 34.9. The SMILES string of the molecule is CC(=CC=C[C@@H](C)c1ccccn1)[C@H]1OC(=O)C[C@H](O)CC[C@@](C)(O)[C@@H](OC(=O)N2CCN(C3CCCCCC3)CC2)/C=C/[C@@H]1C. The number of esters is 1. The molecular weight excluding hydrogens is 582 g/mol. The molecule has 3 aliphatic rings. The van der Waals surface area contributed by atoms with Crippen molar-refractivity contribution < 1.29 is 29.3 Å². The summed E-state index contributed by atoms with van der Waals surface area (Å²) in [5.74, 6) is -0.685. The van der Waals surface area contributed by atoms with Crippen LogP contribution in [0.4, 0.5) is 4.79 Å². The first-order chi connectivity index (χ1) is 22.0. The number of cyclic esters (lactones) is 1. The van der Waals surface area contributed by atoms with E-state index in [1.54, 1.807) is 24.1 Å². The minimum absolute atomic E-state index is 0.106. The zero-order valence-corrected chi connectivity index (χ0v) is 28.2. The van der Waals surface area contributed by atoms with Gasteiger partial charge in [-0.2, -0.15) is 0 Å². The van der Waals surface area contributed by atoms with Crippen molar-refractivity contribution in [3.8, 4) is 0 Å². The van der Waals surface area contributed by atoms with Crippen molar-refractivity contribution in [3.63, 3.8) is 0 Å². The number of hydrogen-bond acceptors (Lipinski definition) is 8. The van der Waals surface area contributed by atoms with E-state index < -0.39 is 36.0 Å². The number of amides is 1. The van der Waals surface area contributed by atoms with Crippen LogP contribution in [0, 0.1) is 5.92 Å². The Morgan fingerprint density at radius 1 is 1.11 bits per heavy atom. The lowest BCUT2D eigenvalue weighted by Gasteiger charge is -2.40. The van der Waals surface area contributed by atoms with Gasteiger partial charge in [-0.3, -0.25) is 14.7 Å². The minimum atomic E-state index is -1.44. The lowest BCUT2D eigenvalue weighted by atomic mass is 9.88. The van der Waals surface area contributed by atoms with E-state index in [-0.39, 0.29) is 31.1 Å². The quantitative estimate of drug-likeness (QED) is 0.171. The topological polar surface area (TPSA) is 112 Å². The van der Waals surface area contributed by atoms with Crippen molar-refractivity contribution in [1.29, 1.82) is 0 Å². The molecule has 0 aromatic carbocycles. The lowest BCUT2D eigenvalue weighted by molar-refractivity contribution is -0.151. The molecule has 1 aromatic rings. The Kier molecular flexibility index (Phi) is 13.4. The van der Waals surface area contributed by atoms with Gasteiger partial charge in [0.05, 0.1) is 12.5 Å². The summed E-state index contributed by atoms with van der Waals surface area (Å²) in [6.07, 6.45) is 16.0. The Morgan fingerprint density at radius 2 is 1.83 bits per heavy atom. The van der Waals surface area contributed by atoms with E-state index in [1.165, 1.54) is 38.5 Å². The van der Waals surface area contributed by atoms with Gasteiger partial charge in [0, 0.05) is 55.9 Å². The van der Waals surface area contributed by atoms with Gasteiger partial charge in [0.15, 0.2) is 6.10 Å². The Hall–Kier alpha value is -3.01. The van der Waals surface area contributed by atoms with Crippen LogP contribution in [-0.2, 0) is 14.3 Å². The second-order valence-electron chi connectivity index (χ2n) is 13.7. The normalized spacial score (nSPS) is 31.3. The number of ether oxygens (including phenoxy) is 2. The smallest absolute Gasteiger partial charge is 0.410 e. The number of hydrogen-bond donors (Lipinski definition) is 2. The van der Waals surface area contributed by atoms with Gasteiger partial charge in [-0.05, 0) is 63.3 Å². The summed E-state index contributed by atoms with van der Waals surface area (Å²) in [6.45, 7) is 10.4. The van der Waals surface area contributed by atoms with Crippen LogP contribution in [-0.4, -0.2) is 93.2 Å². The van der Waals surface area contributed by atoms with E-state index in [4.69, 9.17) is 9.47 Å². The third-order valence-electron chi connectivity index (χ3n) is 9.83. The maximum atomic E-state index is 13.4. The zero-order valence-electron chi connectivity index (χ0n) is 28.2. The van der Waals surface area contributed by atoms with Crippen LogP contribution in [0.2, 0.25) is 0 Å². The summed E-state index contributed by atoms with van der Waals surface area (Å²) in [5.41, 5.74) is 0.345. The first kappa shape index (κ1) is 35.8. The molecule has 9 nitrogen and oxygen atoms in total. The zero-order chi connectivity index (χ0) is 33.1. The Balaban J connectivity index is 1.45. The Labute approximate surface area is 275 Å². The summed E-state index contributed by atoms with van der Waals surface area (Å²) in [6, 6.07) is 6.43. The average molecular weight is 638 g/mol. The van der Waals surface area contributed by atoms with Crippen LogP contribution in [0.3, 0.4) is 0 Å². The van der Waals surface area contributed by atoms with Gasteiger partial charge in [0.1, 0.15) is 11.7 Å². The number of carbonyl (C=O) groups is 2. The molecule has 1 saturated heterocycles. The number of piperazine rings is 1. The maximum Gasteiger partial charge on any atom is 0.410 e. The first-order valence-corrected chi connectivity index (χ1v) is 17.3. The van der Waals surface area contributed by atoms with E-state index in [0.717, 1.165) is 24.4 Å². The molecule has 0 bridgehead atoms. The van der Waals surface area contributed by atoms with Crippen LogP contribution in [0.1, 0.15) is 97.1 Å². The number of aromatic nitrogens is 1. The van der Waals surface area contributed by atoms with Crippen molar-refractivity contribution in [1.82, 2.24) is 14.8 Å². The fourth-order valence-corrected chi connectivity index (χ4v) is 6.74. The van der Waals surface area contributed by atoms with Crippen molar-refractivity contribution in [2.45, 2.75) is 121 Å². The molecule has 2 fully saturated rings. The van der Waals surface area contributed by atoms with E-state index in [1.807, 2.05) is 56.4 Å². The van der Waals surface area contributed by atoms with Crippen LogP contribution < -0.4 is 0 Å². The first-order valence-electron chi connectivity index (χ1n) is 17.3. The molecule has 3 heterocycles. The summed E-state index contributed by atoms with van der Waals surface area (Å²) in [5, 5.41) is 22.1. The monoisotopic (exact) mass is 637 g/mol. The molecule has 2 aliphatic heterocycles. The van der Waals surface area contributed by atoms with E-state index in [0.29, 0.717) is 19.1 Å². The fourth-order valence-electron chi connectivity index (χ4n) is 6.74. The number of aliphatic hydroxyl groups is 2. The molecular formula is C37H55N3O6. The largest absolute Gasteiger partial charge is 0.457 e. The van der Waals surface area contributed by atoms with Crippen LogP contribution in [0.15, 0.2) is 60.3 Å². The van der Waals surface area contributed by atoms with Crippen LogP contribution >= 0.6 is 0 Å². The second kappa shape index (κ2) is 17.2. The third-order valence-corrected chi connectivity index (χ3v) is 9.83. The molecule has 4 rings (SSSR count). The van der Waals surface area contributed by atoms with E-state index in [2.05, 4.69) is 16.8 Å². The third kappa shape index (κ3) is 10.5. The molecule has 0 radical (unpaired) electrons. The molecule has 6 atom stereocenters. The highest BCUT2D eigenvalue weighted by Crippen LogP contribution is 2.28. The van der Waals surface area contributed by atoms with Crippen molar-refractivity contribution in [2.24, 2.45) is 5.92 Å². The molecule has 1 aliphatic carbocycles. The van der Waals surface area contributed by atoms with Gasteiger partial charge in [0.2, 0.25) is 0 Å². The van der Waals surface area contributed by atoms with Gasteiger partial charge < -0.3 is 24.6 Å². The predicted molar refractivity (Wildman–Crippen MR) is 179 cm³/mol. The highest BCUT2D eigenvalue weighted by molar-refractivity contribution is 5.70. The molecule has 0 spiro atoms. The van der Waals surface area contributed by atoms with E-state index >= 15 is 0 Å². The van der Waals surface area contributed by atoms with Gasteiger partial charge in [0.25, 0.3) is 0 Å². The molecule has 9 heteroatoms. The number of nitrogens with zero attached hydrogens (tertiary/aromatic N) is 3. The second-order valence-corrected chi connectivity index (χ2v) is 13.7. The standard InChI is InChI=1S/C37H55N3O6/c1-27(32-16-9-10-21-38-32)12-11-13-28(2)35-29(3)17-18-33(37(4,44)20-19-31(41)26-34(42)46-35)45-36(43)40-24-22-39(23-25-40)30-14-7-5-6-8-15-30/h9-13,16-18,21,27,29-31,33,35,41,44H,5-8,14-15,19-20,22-26H2,1-4H3/b12-11?,18-17+,28-13?/t27-,29+,31-,33+,35-,37-/m1/s1. The van der Waals surface area contributed by atoms with Gasteiger partial charge in [-0.1, -0.05) is 69.9 Å². The van der Waals surface area contributed by atoms with Gasteiger partial charge in [-0.25, -0.2) is 4.79 Å². The average Bonchev–Trinajstić information content (AvgIpc) is 3.34. The number of carbonyl (C=O) groups excluding carboxylic acids is 2. The minimum Gasteiger partial charge on any atom is -0.457 e. The number of pyridine rings is 1.